The molecule has 0 unspecified atom stereocenters. The number of aromatic nitrogens is 2. The van der Waals surface area contributed by atoms with E-state index in [1.165, 1.54) is 11.3 Å². The number of hydrogen-bond donors (Lipinski definition) is 1. The maximum Gasteiger partial charge on any atom is 0.229 e. The Morgan fingerprint density at radius 3 is 2.64 bits per heavy atom. The first kappa shape index (κ1) is 18.1. The minimum absolute atomic E-state index is 0.0290. The Kier molecular flexibility index (Phi) is 5.31. The number of pyridine rings is 1. The van der Waals surface area contributed by atoms with Crippen molar-refractivity contribution in [2.24, 2.45) is 5.92 Å². The van der Waals surface area contributed by atoms with Crippen LogP contribution in [0.4, 0.5) is 10.9 Å². The van der Waals surface area contributed by atoms with E-state index in [0.717, 1.165) is 43.0 Å². The summed E-state index contributed by atoms with van der Waals surface area (Å²) >= 11 is 1.45. The molecule has 0 atom stereocenters. The summed E-state index contributed by atoms with van der Waals surface area (Å²) < 4.78 is 0. The van der Waals surface area contributed by atoms with Crippen LogP contribution >= 0.6 is 11.3 Å². The smallest absolute Gasteiger partial charge is 0.229 e. The van der Waals surface area contributed by atoms with Gasteiger partial charge in [0.15, 0.2) is 5.13 Å². The van der Waals surface area contributed by atoms with Gasteiger partial charge in [-0.2, -0.15) is 5.26 Å². The summed E-state index contributed by atoms with van der Waals surface area (Å²) in [5.74, 6) is 0.852. The van der Waals surface area contributed by atoms with Gasteiger partial charge in [-0.3, -0.25) is 4.79 Å². The van der Waals surface area contributed by atoms with Gasteiger partial charge in [-0.1, -0.05) is 30.3 Å². The van der Waals surface area contributed by atoms with Crippen molar-refractivity contribution >= 4 is 28.2 Å². The molecule has 0 saturated carbocycles. The number of thiazole rings is 1. The van der Waals surface area contributed by atoms with Crippen LogP contribution in [0.5, 0.6) is 0 Å². The molecule has 7 heteroatoms. The van der Waals surface area contributed by atoms with Gasteiger partial charge in [-0.25, -0.2) is 9.97 Å². The molecular weight excluding hydrogens is 370 g/mol. The fourth-order valence-electron chi connectivity index (χ4n) is 3.29. The number of nitriles is 1. The normalized spacial score (nSPS) is 14.5. The third-order valence-electron chi connectivity index (χ3n) is 4.87. The van der Waals surface area contributed by atoms with Crippen LogP contribution in [0.2, 0.25) is 0 Å². The number of nitrogens with one attached hydrogen (secondary N) is 1. The van der Waals surface area contributed by atoms with Crippen LogP contribution in [0.1, 0.15) is 18.4 Å². The summed E-state index contributed by atoms with van der Waals surface area (Å²) in [5.41, 5.74) is 2.47. The molecule has 0 bridgehead atoms. The fraction of sp³-hybridized carbons (Fsp3) is 0.238. The molecule has 1 aromatic carbocycles. The van der Waals surface area contributed by atoms with Crippen LogP contribution in [-0.2, 0) is 4.79 Å². The Morgan fingerprint density at radius 1 is 1.18 bits per heavy atom. The van der Waals surface area contributed by atoms with Crippen LogP contribution in [0.25, 0.3) is 11.3 Å². The van der Waals surface area contributed by atoms with Crippen LogP contribution in [0, 0.1) is 17.2 Å². The third-order valence-corrected chi connectivity index (χ3v) is 5.63. The van der Waals surface area contributed by atoms with E-state index in [9.17, 15) is 4.79 Å². The highest BCUT2D eigenvalue weighted by molar-refractivity contribution is 7.14. The molecule has 6 nitrogen and oxygen atoms in total. The molecule has 4 rings (SSSR count). The predicted octanol–water partition coefficient (Wildman–Crippen LogP) is 3.93. The van der Waals surface area contributed by atoms with E-state index >= 15 is 0 Å². The van der Waals surface area contributed by atoms with Gasteiger partial charge in [-0.15, -0.1) is 11.3 Å². The minimum atomic E-state index is -0.0290. The molecule has 1 amide bonds. The Hall–Kier alpha value is -3.24. The highest BCUT2D eigenvalue weighted by atomic mass is 32.1. The SMILES string of the molecule is N#Cc1ccc(N2CCC(C(=O)Nc3nc(-c4ccccc4)cs3)CC2)nc1. The second kappa shape index (κ2) is 8.19. The van der Waals surface area contributed by atoms with E-state index < -0.39 is 0 Å². The molecule has 1 saturated heterocycles. The zero-order valence-electron chi connectivity index (χ0n) is 15.2. The Bertz CT molecular complexity index is 986. The topological polar surface area (TPSA) is 81.9 Å². The van der Waals surface area contributed by atoms with Gasteiger partial charge in [0.1, 0.15) is 11.9 Å². The van der Waals surface area contributed by atoms with Crippen molar-refractivity contribution in [1.29, 1.82) is 5.26 Å². The second-order valence-corrected chi connectivity index (χ2v) is 7.53. The van der Waals surface area contributed by atoms with Crippen LogP contribution < -0.4 is 10.2 Å². The molecule has 0 aliphatic carbocycles. The standard InChI is InChI=1S/C21H19N5OS/c22-12-15-6-7-19(23-13-15)26-10-8-17(9-11-26)20(27)25-21-24-18(14-28-21)16-4-2-1-3-5-16/h1-7,13-14,17H,8-11H2,(H,24,25,27). The number of carbonyl (C=O) groups is 1. The Labute approximate surface area is 167 Å². The van der Waals surface area contributed by atoms with Gasteiger partial charge in [0.05, 0.1) is 11.3 Å². The number of rotatable bonds is 4. The van der Waals surface area contributed by atoms with E-state index in [4.69, 9.17) is 5.26 Å². The minimum Gasteiger partial charge on any atom is -0.357 e. The van der Waals surface area contributed by atoms with Crippen LogP contribution in [-0.4, -0.2) is 29.0 Å². The van der Waals surface area contributed by atoms with Gasteiger partial charge in [0, 0.05) is 36.1 Å². The summed E-state index contributed by atoms with van der Waals surface area (Å²) in [4.78, 5) is 23.7. The lowest BCUT2D eigenvalue weighted by atomic mass is 9.96. The van der Waals surface area contributed by atoms with Crippen molar-refractivity contribution in [2.75, 3.05) is 23.3 Å². The van der Waals surface area contributed by atoms with Crippen molar-refractivity contribution < 1.29 is 4.79 Å². The summed E-state index contributed by atoms with van der Waals surface area (Å²) in [6, 6.07) is 15.6. The summed E-state index contributed by atoms with van der Waals surface area (Å²) in [6.07, 6.45) is 3.12. The molecule has 0 radical (unpaired) electrons. The predicted molar refractivity (Wildman–Crippen MR) is 110 cm³/mol. The van der Waals surface area contributed by atoms with Gasteiger partial charge < -0.3 is 10.2 Å². The van der Waals surface area contributed by atoms with Crippen LogP contribution in [0.15, 0.2) is 54.0 Å². The molecular formula is C21H19N5OS. The number of hydrogen-bond acceptors (Lipinski definition) is 6. The third kappa shape index (κ3) is 4.02. The highest BCUT2D eigenvalue weighted by Gasteiger charge is 2.26. The Balaban J connectivity index is 1.33. The van der Waals surface area contributed by atoms with Crippen molar-refractivity contribution in [3.05, 3.63) is 59.6 Å². The fourth-order valence-corrected chi connectivity index (χ4v) is 4.01. The number of carbonyl (C=O) groups excluding carboxylic acids is 1. The molecule has 1 aliphatic heterocycles. The maximum absolute atomic E-state index is 12.6. The summed E-state index contributed by atoms with van der Waals surface area (Å²) in [5, 5.41) is 14.4. The zero-order valence-corrected chi connectivity index (χ0v) is 16.0. The second-order valence-electron chi connectivity index (χ2n) is 6.67. The molecule has 2 aromatic heterocycles. The Morgan fingerprint density at radius 2 is 1.96 bits per heavy atom. The summed E-state index contributed by atoms with van der Waals surface area (Å²) in [7, 11) is 0. The molecule has 1 N–H and O–H groups in total. The van der Waals surface area contributed by atoms with Crippen molar-refractivity contribution in [3.8, 4) is 17.3 Å². The molecule has 1 aliphatic rings. The monoisotopic (exact) mass is 389 g/mol. The average Bonchev–Trinajstić information content (AvgIpc) is 3.23. The molecule has 3 aromatic rings. The van der Waals surface area contributed by atoms with E-state index in [-0.39, 0.29) is 11.8 Å². The van der Waals surface area contributed by atoms with E-state index in [2.05, 4.69) is 26.3 Å². The van der Waals surface area contributed by atoms with Gasteiger partial charge in [0.25, 0.3) is 0 Å². The van der Waals surface area contributed by atoms with Gasteiger partial charge in [-0.05, 0) is 25.0 Å². The first-order chi connectivity index (χ1) is 13.7. The molecule has 1 fully saturated rings. The number of piperidine rings is 1. The van der Waals surface area contributed by atoms with Gasteiger partial charge >= 0.3 is 0 Å². The molecule has 3 heterocycles. The van der Waals surface area contributed by atoms with Crippen LogP contribution in [0.3, 0.4) is 0 Å². The molecule has 28 heavy (non-hydrogen) atoms. The van der Waals surface area contributed by atoms with Gasteiger partial charge in [0.2, 0.25) is 5.91 Å². The molecule has 0 spiro atoms. The highest BCUT2D eigenvalue weighted by Crippen LogP contribution is 2.27. The largest absolute Gasteiger partial charge is 0.357 e. The zero-order chi connectivity index (χ0) is 19.3. The van der Waals surface area contributed by atoms with E-state index in [0.29, 0.717) is 10.7 Å². The molecule has 140 valence electrons. The van der Waals surface area contributed by atoms with Crippen molar-refractivity contribution in [2.45, 2.75) is 12.8 Å². The first-order valence-corrected chi connectivity index (χ1v) is 10.0. The van der Waals surface area contributed by atoms with E-state index in [1.807, 2.05) is 41.8 Å². The first-order valence-electron chi connectivity index (χ1n) is 9.16. The quantitative estimate of drug-likeness (QED) is 0.731. The van der Waals surface area contributed by atoms with E-state index in [1.54, 1.807) is 12.3 Å². The maximum atomic E-state index is 12.6. The summed E-state index contributed by atoms with van der Waals surface area (Å²) in [6.45, 7) is 1.54. The lowest BCUT2D eigenvalue weighted by Gasteiger charge is -2.31. The average molecular weight is 389 g/mol. The number of amides is 1. The van der Waals surface area contributed by atoms with Crippen molar-refractivity contribution in [3.63, 3.8) is 0 Å². The lowest BCUT2D eigenvalue weighted by Crippen LogP contribution is -2.38. The lowest BCUT2D eigenvalue weighted by molar-refractivity contribution is -0.120. The number of nitrogens with zero attached hydrogens (tertiary/aromatic N) is 4. The number of anilines is 2. The van der Waals surface area contributed by atoms with Crippen molar-refractivity contribution in [1.82, 2.24) is 9.97 Å². The number of benzene rings is 1.